The molecule has 0 saturated heterocycles. The number of benzene rings is 1. The summed E-state index contributed by atoms with van der Waals surface area (Å²) in [5.74, 6) is -0.218. The van der Waals surface area contributed by atoms with Gasteiger partial charge in [0.2, 0.25) is 5.96 Å². The highest BCUT2D eigenvalue weighted by Crippen LogP contribution is 2.22. The van der Waals surface area contributed by atoms with E-state index in [2.05, 4.69) is 26.5 Å². The molecular formula is C8H8BrClN4. The molecule has 1 aromatic rings. The van der Waals surface area contributed by atoms with E-state index in [-0.39, 0.29) is 5.96 Å². The molecule has 14 heavy (non-hydrogen) atoms. The summed E-state index contributed by atoms with van der Waals surface area (Å²) in [5, 5.41) is 11.2. The average Bonchev–Trinajstić information content (AvgIpc) is 2.09. The normalized spacial score (nSPS) is 10.4. The van der Waals surface area contributed by atoms with Gasteiger partial charge in [0.25, 0.3) is 0 Å². The van der Waals surface area contributed by atoms with Crippen molar-refractivity contribution < 1.29 is 0 Å². The van der Waals surface area contributed by atoms with Gasteiger partial charge in [-0.15, -0.1) is 0 Å². The van der Waals surface area contributed by atoms with Crippen LogP contribution in [0.15, 0.2) is 27.8 Å². The third-order valence-electron chi connectivity index (χ3n) is 1.38. The van der Waals surface area contributed by atoms with Crippen LogP contribution in [-0.4, -0.2) is 12.2 Å². The Hall–Kier alpha value is -1.07. The number of hydrogen-bond donors (Lipinski definition) is 3. The van der Waals surface area contributed by atoms with E-state index in [0.29, 0.717) is 5.02 Å². The van der Waals surface area contributed by atoms with Gasteiger partial charge in [0.15, 0.2) is 0 Å². The summed E-state index contributed by atoms with van der Waals surface area (Å²) in [4.78, 5) is 0. The molecule has 0 bridgehead atoms. The molecule has 0 fully saturated rings. The second-order valence-corrected chi connectivity index (χ2v) is 3.68. The molecular weight excluding hydrogens is 267 g/mol. The SMILES string of the molecule is N=C(N)NN=Cc1c(Cl)cccc1Br. The second kappa shape index (κ2) is 4.97. The molecule has 0 aromatic heterocycles. The lowest BCUT2D eigenvalue weighted by molar-refractivity contribution is 1.00. The Morgan fingerprint density at radius 2 is 2.36 bits per heavy atom. The van der Waals surface area contributed by atoms with Crippen molar-refractivity contribution >= 4 is 39.7 Å². The molecule has 0 heterocycles. The fourth-order valence-corrected chi connectivity index (χ4v) is 1.61. The fraction of sp³-hybridized carbons (Fsp3) is 0. The molecule has 0 aliphatic rings. The van der Waals surface area contributed by atoms with Crippen LogP contribution in [0.1, 0.15) is 5.56 Å². The predicted molar refractivity (Wildman–Crippen MR) is 61.8 cm³/mol. The van der Waals surface area contributed by atoms with Crippen molar-refractivity contribution in [2.45, 2.75) is 0 Å². The highest BCUT2D eigenvalue weighted by atomic mass is 79.9. The molecule has 0 aliphatic heterocycles. The zero-order valence-corrected chi connectivity index (χ0v) is 9.43. The van der Waals surface area contributed by atoms with E-state index in [9.17, 15) is 0 Å². The smallest absolute Gasteiger partial charge is 0.206 e. The molecule has 6 heteroatoms. The lowest BCUT2D eigenvalue weighted by Gasteiger charge is -2.00. The number of rotatable bonds is 2. The topological polar surface area (TPSA) is 74.3 Å². The van der Waals surface area contributed by atoms with E-state index in [1.54, 1.807) is 6.07 Å². The highest BCUT2D eigenvalue weighted by Gasteiger charge is 2.00. The molecule has 1 rings (SSSR count). The number of nitrogens with zero attached hydrogens (tertiary/aromatic N) is 1. The Balaban J connectivity index is 2.85. The van der Waals surface area contributed by atoms with E-state index in [4.69, 9.17) is 22.7 Å². The minimum Gasteiger partial charge on any atom is -0.369 e. The van der Waals surface area contributed by atoms with Crippen molar-refractivity contribution in [1.82, 2.24) is 5.43 Å². The lowest BCUT2D eigenvalue weighted by atomic mass is 10.2. The summed E-state index contributed by atoms with van der Waals surface area (Å²) >= 11 is 9.24. The number of hydrogen-bond acceptors (Lipinski definition) is 2. The molecule has 0 amide bonds. The zero-order chi connectivity index (χ0) is 10.6. The minimum absolute atomic E-state index is 0.218. The van der Waals surface area contributed by atoms with Crippen LogP contribution in [-0.2, 0) is 0 Å². The van der Waals surface area contributed by atoms with Crippen molar-refractivity contribution in [3.05, 3.63) is 33.3 Å². The maximum atomic E-state index is 6.88. The average molecular weight is 276 g/mol. The number of nitrogens with two attached hydrogens (primary N) is 1. The van der Waals surface area contributed by atoms with Crippen molar-refractivity contribution in [2.24, 2.45) is 10.8 Å². The van der Waals surface area contributed by atoms with Gasteiger partial charge >= 0.3 is 0 Å². The predicted octanol–water partition coefficient (Wildman–Crippen LogP) is 1.92. The molecule has 0 unspecified atom stereocenters. The van der Waals surface area contributed by atoms with E-state index in [1.807, 2.05) is 12.1 Å². The summed E-state index contributed by atoms with van der Waals surface area (Å²) < 4.78 is 0.833. The second-order valence-electron chi connectivity index (χ2n) is 2.42. The van der Waals surface area contributed by atoms with Gasteiger partial charge in [-0.05, 0) is 12.1 Å². The van der Waals surface area contributed by atoms with E-state index in [0.717, 1.165) is 10.0 Å². The molecule has 0 atom stereocenters. The number of guanidine groups is 1. The molecule has 1 aromatic carbocycles. The van der Waals surface area contributed by atoms with Crippen molar-refractivity contribution in [3.63, 3.8) is 0 Å². The van der Waals surface area contributed by atoms with Gasteiger partial charge < -0.3 is 5.73 Å². The summed E-state index contributed by atoms with van der Waals surface area (Å²) in [5.41, 5.74) is 8.08. The number of hydrazone groups is 1. The van der Waals surface area contributed by atoms with E-state index < -0.39 is 0 Å². The zero-order valence-electron chi connectivity index (χ0n) is 7.09. The third-order valence-corrected chi connectivity index (χ3v) is 2.40. The van der Waals surface area contributed by atoms with Crippen LogP contribution in [0.4, 0.5) is 0 Å². The van der Waals surface area contributed by atoms with Crippen LogP contribution in [0.3, 0.4) is 0 Å². The molecule has 74 valence electrons. The van der Waals surface area contributed by atoms with Gasteiger partial charge in [-0.25, -0.2) is 5.43 Å². The highest BCUT2D eigenvalue weighted by molar-refractivity contribution is 9.10. The summed E-state index contributed by atoms with van der Waals surface area (Å²) in [6, 6.07) is 5.42. The lowest BCUT2D eigenvalue weighted by Crippen LogP contribution is -2.25. The number of nitrogens with one attached hydrogen (secondary N) is 2. The summed E-state index contributed by atoms with van der Waals surface area (Å²) in [6.07, 6.45) is 1.49. The van der Waals surface area contributed by atoms with Crippen LogP contribution in [0.25, 0.3) is 0 Å². The Labute approximate surface area is 94.8 Å². The molecule has 4 nitrogen and oxygen atoms in total. The standard InChI is InChI=1S/C8H8BrClN4/c9-6-2-1-3-7(10)5(6)4-13-14-8(11)12/h1-4H,(H4,11,12,14). The fourth-order valence-electron chi connectivity index (χ4n) is 0.800. The van der Waals surface area contributed by atoms with Gasteiger partial charge in [-0.2, -0.15) is 5.10 Å². The van der Waals surface area contributed by atoms with Crippen LogP contribution in [0, 0.1) is 5.41 Å². The maximum Gasteiger partial charge on any atom is 0.206 e. The monoisotopic (exact) mass is 274 g/mol. The van der Waals surface area contributed by atoms with E-state index in [1.165, 1.54) is 6.21 Å². The van der Waals surface area contributed by atoms with Gasteiger partial charge in [0.05, 0.1) is 11.2 Å². The van der Waals surface area contributed by atoms with Crippen molar-refractivity contribution in [3.8, 4) is 0 Å². The first-order valence-electron chi connectivity index (χ1n) is 3.68. The minimum atomic E-state index is -0.218. The van der Waals surface area contributed by atoms with Crippen molar-refractivity contribution in [2.75, 3.05) is 0 Å². The molecule has 0 aliphatic carbocycles. The van der Waals surface area contributed by atoms with E-state index >= 15 is 0 Å². The Morgan fingerprint density at radius 3 is 2.93 bits per heavy atom. The van der Waals surface area contributed by atoms with Gasteiger partial charge in [-0.1, -0.05) is 33.6 Å². The quantitative estimate of drug-likeness (QED) is 0.438. The van der Waals surface area contributed by atoms with Crippen LogP contribution in [0.2, 0.25) is 5.02 Å². The summed E-state index contributed by atoms with van der Waals surface area (Å²) in [6.45, 7) is 0. The first kappa shape index (κ1) is 11.0. The third kappa shape index (κ3) is 3.01. The van der Waals surface area contributed by atoms with Gasteiger partial charge in [-0.3, -0.25) is 5.41 Å². The van der Waals surface area contributed by atoms with Crippen molar-refractivity contribution in [1.29, 1.82) is 5.41 Å². The van der Waals surface area contributed by atoms with Gasteiger partial charge in [0, 0.05) is 10.0 Å². The van der Waals surface area contributed by atoms with Gasteiger partial charge in [0.1, 0.15) is 0 Å². The number of halogens is 2. The molecule has 0 spiro atoms. The van der Waals surface area contributed by atoms with Crippen LogP contribution in [0.5, 0.6) is 0 Å². The first-order chi connectivity index (χ1) is 6.61. The molecule has 0 saturated carbocycles. The largest absolute Gasteiger partial charge is 0.369 e. The van der Waals surface area contributed by atoms with Crippen LogP contribution < -0.4 is 11.2 Å². The summed E-state index contributed by atoms with van der Waals surface area (Å²) in [7, 11) is 0. The maximum absolute atomic E-state index is 6.88. The Morgan fingerprint density at radius 1 is 1.64 bits per heavy atom. The molecule has 0 radical (unpaired) electrons. The van der Waals surface area contributed by atoms with Crippen LogP contribution >= 0.6 is 27.5 Å². The Bertz CT molecular complexity index is 357. The molecule has 4 N–H and O–H groups in total. The first-order valence-corrected chi connectivity index (χ1v) is 4.85. The Kier molecular flexibility index (Phi) is 3.91.